The second-order valence-electron chi connectivity index (χ2n) is 4.34. The Hall–Kier alpha value is -2.00. The highest BCUT2D eigenvalue weighted by atomic mass is 19.1. The number of rotatable bonds is 2. The number of hydrogen-bond acceptors (Lipinski definition) is 6. The first-order valence-electron chi connectivity index (χ1n) is 5.73. The van der Waals surface area contributed by atoms with Crippen molar-refractivity contribution in [1.29, 1.82) is 0 Å². The molecule has 3 rings (SSSR count). The molecule has 19 heavy (non-hydrogen) atoms. The third kappa shape index (κ3) is 1.87. The Labute approximate surface area is 106 Å². The predicted octanol–water partition coefficient (Wildman–Crippen LogP) is -0.680. The fraction of sp³-hybridized carbons (Fsp3) is 0.500. The number of anilines is 1. The number of nitrogens with one attached hydrogen (secondary N) is 1. The molecule has 8 nitrogen and oxygen atoms in total. The molecular formula is C10H12FN5O3. The van der Waals surface area contributed by atoms with E-state index in [1.165, 1.54) is 10.9 Å². The molecule has 2 aromatic heterocycles. The lowest BCUT2D eigenvalue weighted by molar-refractivity contribution is -0.0323. The van der Waals surface area contributed by atoms with E-state index in [0.29, 0.717) is 0 Å². The summed E-state index contributed by atoms with van der Waals surface area (Å²) in [7, 11) is 0. The number of aliphatic hydroxyl groups is 1. The summed E-state index contributed by atoms with van der Waals surface area (Å²) < 4.78 is 20.4. The highest BCUT2D eigenvalue weighted by Crippen LogP contribution is 2.31. The van der Waals surface area contributed by atoms with E-state index in [-0.39, 0.29) is 23.5 Å². The molecule has 102 valence electrons. The number of alkyl halides is 1. The summed E-state index contributed by atoms with van der Waals surface area (Å²) >= 11 is 0. The maximum atomic E-state index is 13.6. The van der Waals surface area contributed by atoms with E-state index in [4.69, 9.17) is 15.6 Å². The van der Waals surface area contributed by atoms with Crippen LogP contribution in [0, 0.1) is 0 Å². The average molecular weight is 269 g/mol. The van der Waals surface area contributed by atoms with Gasteiger partial charge < -0.3 is 15.6 Å². The molecule has 1 saturated heterocycles. The molecule has 4 N–H and O–H groups in total. The first kappa shape index (κ1) is 12.1. The number of hydrogen-bond donors (Lipinski definition) is 3. The van der Waals surface area contributed by atoms with Gasteiger partial charge in [-0.3, -0.25) is 14.3 Å². The van der Waals surface area contributed by atoms with E-state index in [9.17, 15) is 9.18 Å². The van der Waals surface area contributed by atoms with Gasteiger partial charge in [0.2, 0.25) is 5.95 Å². The second-order valence-corrected chi connectivity index (χ2v) is 4.34. The van der Waals surface area contributed by atoms with Gasteiger partial charge in [0.05, 0.1) is 12.9 Å². The zero-order valence-electron chi connectivity index (χ0n) is 9.78. The first-order chi connectivity index (χ1) is 9.10. The summed E-state index contributed by atoms with van der Waals surface area (Å²) in [6.07, 6.45) is -1.39. The second kappa shape index (κ2) is 4.28. The maximum Gasteiger partial charge on any atom is 0.280 e. The van der Waals surface area contributed by atoms with Crippen molar-refractivity contribution in [3.05, 3.63) is 16.7 Å². The monoisotopic (exact) mass is 269 g/mol. The van der Waals surface area contributed by atoms with Gasteiger partial charge in [-0.1, -0.05) is 0 Å². The SMILES string of the molecule is Nc1nc2c(ncn2[C@H]2C[C@H](F)[C@H](CO)O2)c(=O)[nH]1. The molecule has 9 heteroatoms. The van der Waals surface area contributed by atoms with Crippen molar-refractivity contribution in [2.24, 2.45) is 0 Å². The molecule has 3 atom stereocenters. The molecule has 0 saturated carbocycles. The maximum absolute atomic E-state index is 13.6. The van der Waals surface area contributed by atoms with Gasteiger partial charge in [-0.05, 0) is 0 Å². The number of halogens is 1. The largest absolute Gasteiger partial charge is 0.394 e. The molecule has 0 bridgehead atoms. The van der Waals surface area contributed by atoms with Crippen LogP contribution < -0.4 is 11.3 Å². The number of nitrogen functional groups attached to an aromatic ring is 1. The molecule has 0 spiro atoms. The molecular weight excluding hydrogens is 257 g/mol. The minimum absolute atomic E-state index is 0.0484. The van der Waals surface area contributed by atoms with Gasteiger partial charge in [0.15, 0.2) is 11.2 Å². The van der Waals surface area contributed by atoms with Gasteiger partial charge in [0.25, 0.3) is 5.56 Å². The minimum atomic E-state index is -1.27. The van der Waals surface area contributed by atoms with Crippen molar-refractivity contribution in [1.82, 2.24) is 19.5 Å². The number of aromatic amines is 1. The number of aromatic nitrogens is 4. The number of H-pyrrole nitrogens is 1. The number of aliphatic hydroxyl groups excluding tert-OH is 1. The summed E-state index contributed by atoms with van der Waals surface area (Å²) in [4.78, 5) is 21.8. The molecule has 0 amide bonds. The van der Waals surface area contributed by atoms with Crippen LogP contribution in [0.25, 0.3) is 11.2 Å². The quantitative estimate of drug-likeness (QED) is 0.664. The van der Waals surface area contributed by atoms with Crippen LogP contribution >= 0.6 is 0 Å². The topological polar surface area (TPSA) is 119 Å². The van der Waals surface area contributed by atoms with Crippen LogP contribution in [-0.4, -0.2) is 43.5 Å². The average Bonchev–Trinajstić information content (AvgIpc) is 2.92. The molecule has 1 fully saturated rings. The Balaban J connectivity index is 2.05. The van der Waals surface area contributed by atoms with Crippen molar-refractivity contribution < 1.29 is 14.2 Å². The number of nitrogens with two attached hydrogens (primary N) is 1. The van der Waals surface area contributed by atoms with Crippen LogP contribution in [0.5, 0.6) is 0 Å². The molecule has 1 aliphatic heterocycles. The fourth-order valence-corrected chi connectivity index (χ4v) is 2.18. The molecule has 0 aliphatic carbocycles. The summed E-state index contributed by atoms with van der Waals surface area (Å²) in [5.41, 5.74) is 5.35. The molecule has 0 aromatic carbocycles. The van der Waals surface area contributed by atoms with E-state index in [2.05, 4.69) is 15.0 Å². The van der Waals surface area contributed by atoms with E-state index < -0.39 is 30.7 Å². The standard InChI is InChI=1S/C10H12FN5O3/c11-4-1-6(19-5(4)2-17)16-3-13-7-8(16)14-10(12)15-9(7)18/h3-6,17H,1-2H2,(H3,12,14,15,18)/t4-,5-,6+/m0/s1. The van der Waals surface area contributed by atoms with Crippen molar-refractivity contribution in [3.8, 4) is 0 Å². The van der Waals surface area contributed by atoms with Crippen LogP contribution in [0.4, 0.5) is 10.3 Å². The van der Waals surface area contributed by atoms with Crippen LogP contribution in [0.3, 0.4) is 0 Å². The van der Waals surface area contributed by atoms with Crippen LogP contribution in [0.15, 0.2) is 11.1 Å². The van der Waals surface area contributed by atoms with Gasteiger partial charge in [-0.25, -0.2) is 9.37 Å². The number of nitrogens with zero attached hydrogens (tertiary/aromatic N) is 3. The third-order valence-corrected chi connectivity index (χ3v) is 3.10. The van der Waals surface area contributed by atoms with Gasteiger partial charge in [-0.15, -0.1) is 0 Å². The lowest BCUT2D eigenvalue weighted by atomic mass is 10.2. The highest BCUT2D eigenvalue weighted by Gasteiger charge is 2.36. The van der Waals surface area contributed by atoms with Gasteiger partial charge in [-0.2, -0.15) is 4.98 Å². The number of ether oxygens (including phenoxy) is 1. The van der Waals surface area contributed by atoms with E-state index in [0.717, 1.165) is 0 Å². The Morgan fingerprint density at radius 2 is 2.47 bits per heavy atom. The van der Waals surface area contributed by atoms with Crippen molar-refractivity contribution in [3.63, 3.8) is 0 Å². The lowest BCUT2D eigenvalue weighted by Gasteiger charge is -2.13. The van der Waals surface area contributed by atoms with Crippen molar-refractivity contribution in [2.45, 2.75) is 24.9 Å². The van der Waals surface area contributed by atoms with Crippen LogP contribution in [0.2, 0.25) is 0 Å². The Bertz CT molecular complexity index is 669. The van der Waals surface area contributed by atoms with Gasteiger partial charge in [0.1, 0.15) is 18.5 Å². The summed E-state index contributed by atoms with van der Waals surface area (Å²) in [5, 5.41) is 8.97. The fourth-order valence-electron chi connectivity index (χ4n) is 2.18. The third-order valence-electron chi connectivity index (χ3n) is 3.10. The summed E-state index contributed by atoms with van der Waals surface area (Å²) in [6, 6.07) is 0. The molecule has 3 heterocycles. The van der Waals surface area contributed by atoms with E-state index in [1.807, 2.05) is 0 Å². The van der Waals surface area contributed by atoms with E-state index >= 15 is 0 Å². The predicted molar refractivity (Wildman–Crippen MR) is 63.1 cm³/mol. The smallest absolute Gasteiger partial charge is 0.280 e. The minimum Gasteiger partial charge on any atom is -0.394 e. The molecule has 0 radical (unpaired) electrons. The van der Waals surface area contributed by atoms with Crippen molar-refractivity contribution >= 4 is 17.1 Å². The zero-order chi connectivity index (χ0) is 13.6. The summed E-state index contributed by atoms with van der Waals surface area (Å²) in [6.45, 7) is -0.402. The van der Waals surface area contributed by atoms with Crippen LogP contribution in [0.1, 0.15) is 12.6 Å². The number of fused-ring (bicyclic) bond motifs is 1. The Kier molecular flexibility index (Phi) is 2.72. The van der Waals surface area contributed by atoms with Gasteiger partial charge in [0, 0.05) is 6.42 Å². The molecule has 1 aliphatic rings. The Morgan fingerprint density at radius 3 is 3.16 bits per heavy atom. The van der Waals surface area contributed by atoms with Crippen LogP contribution in [-0.2, 0) is 4.74 Å². The zero-order valence-corrected chi connectivity index (χ0v) is 9.78. The Morgan fingerprint density at radius 1 is 1.68 bits per heavy atom. The normalized spacial score (nSPS) is 27.2. The van der Waals surface area contributed by atoms with Crippen molar-refractivity contribution in [2.75, 3.05) is 12.3 Å². The number of imidazole rings is 1. The first-order valence-corrected chi connectivity index (χ1v) is 5.73. The van der Waals surface area contributed by atoms with Gasteiger partial charge >= 0.3 is 0 Å². The molecule has 0 unspecified atom stereocenters. The van der Waals surface area contributed by atoms with E-state index in [1.54, 1.807) is 0 Å². The summed E-state index contributed by atoms with van der Waals surface area (Å²) in [5.74, 6) is -0.0484. The highest BCUT2D eigenvalue weighted by molar-refractivity contribution is 5.70. The lowest BCUT2D eigenvalue weighted by Crippen LogP contribution is -2.21. The molecule has 2 aromatic rings.